The molecule has 1 saturated heterocycles. The predicted octanol–water partition coefficient (Wildman–Crippen LogP) is 0.524. The maximum absolute atomic E-state index is 4.13. The minimum absolute atomic E-state index is 0.376. The normalized spacial score (nSPS) is 19.1. The summed E-state index contributed by atoms with van der Waals surface area (Å²) < 4.78 is 1.89. The van der Waals surface area contributed by atoms with Gasteiger partial charge in [-0.15, -0.1) is 0 Å². The highest BCUT2D eigenvalue weighted by Crippen LogP contribution is 2.05. The van der Waals surface area contributed by atoms with E-state index in [0.29, 0.717) is 6.04 Å². The van der Waals surface area contributed by atoms with Crippen LogP contribution in [0.1, 0.15) is 25.8 Å². The molecule has 0 aliphatic carbocycles. The van der Waals surface area contributed by atoms with Gasteiger partial charge in [0.1, 0.15) is 12.7 Å². The van der Waals surface area contributed by atoms with Crippen molar-refractivity contribution in [2.75, 3.05) is 32.7 Å². The van der Waals surface area contributed by atoms with E-state index in [2.05, 4.69) is 27.2 Å². The van der Waals surface area contributed by atoms with E-state index in [1.165, 1.54) is 32.5 Å². The van der Waals surface area contributed by atoms with Crippen LogP contribution < -0.4 is 5.32 Å². The van der Waals surface area contributed by atoms with Crippen LogP contribution in [0, 0.1) is 0 Å². The highest BCUT2D eigenvalue weighted by molar-refractivity contribution is 4.69. The van der Waals surface area contributed by atoms with Crippen LogP contribution in [0.3, 0.4) is 0 Å². The van der Waals surface area contributed by atoms with E-state index < -0.39 is 0 Å². The topological polar surface area (TPSA) is 46.0 Å². The van der Waals surface area contributed by atoms with Crippen molar-refractivity contribution in [1.29, 1.82) is 0 Å². The largest absolute Gasteiger partial charge is 0.313 e. The van der Waals surface area contributed by atoms with Gasteiger partial charge in [0, 0.05) is 19.6 Å². The Morgan fingerprint density at radius 3 is 2.88 bits per heavy atom. The Morgan fingerprint density at radius 1 is 1.38 bits per heavy atom. The molecule has 5 heteroatoms. The second-order valence-electron chi connectivity index (χ2n) is 4.48. The van der Waals surface area contributed by atoms with Crippen LogP contribution in [-0.4, -0.2) is 52.4 Å². The van der Waals surface area contributed by atoms with Crippen LogP contribution >= 0.6 is 0 Å². The van der Waals surface area contributed by atoms with Crippen molar-refractivity contribution in [3.8, 4) is 0 Å². The average molecular weight is 223 g/mol. The average Bonchev–Trinajstić information content (AvgIpc) is 2.96. The Morgan fingerprint density at radius 2 is 2.19 bits per heavy atom. The molecule has 1 aromatic rings. The van der Waals surface area contributed by atoms with E-state index in [1.807, 2.05) is 4.68 Å². The Kier molecular flexibility index (Phi) is 4.30. The van der Waals surface area contributed by atoms with Gasteiger partial charge in [-0.3, -0.25) is 0 Å². The van der Waals surface area contributed by atoms with Gasteiger partial charge in [-0.1, -0.05) is 0 Å². The predicted molar refractivity (Wildman–Crippen MR) is 63.3 cm³/mol. The zero-order valence-corrected chi connectivity index (χ0v) is 9.97. The quantitative estimate of drug-likeness (QED) is 0.714. The Labute approximate surface area is 96.8 Å². The van der Waals surface area contributed by atoms with Crippen LogP contribution in [0.5, 0.6) is 0 Å². The van der Waals surface area contributed by atoms with Crippen molar-refractivity contribution in [2.24, 2.45) is 0 Å². The summed E-state index contributed by atoms with van der Waals surface area (Å²) in [7, 11) is 0. The maximum atomic E-state index is 4.13. The van der Waals surface area contributed by atoms with Gasteiger partial charge >= 0.3 is 0 Å². The number of hydrogen-bond donors (Lipinski definition) is 1. The number of aromatic nitrogens is 3. The molecule has 2 rings (SSSR count). The first kappa shape index (κ1) is 11.5. The molecule has 0 bridgehead atoms. The van der Waals surface area contributed by atoms with Crippen LogP contribution in [0.4, 0.5) is 0 Å². The SMILES string of the molecule is CC(CNCCN1CCCC1)n1cncn1. The van der Waals surface area contributed by atoms with Gasteiger partial charge in [0.25, 0.3) is 0 Å². The smallest absolute Gasteiger partial charge is 0.137 e. The van der Waals surface area contributed by atoms with E-state index in [0.717, 1.165) is 13.1 Å². The zero-order chi connectivity index (χ0) is 11.2. The minimum atomic E-state index is 0.376. The van der Waals surface area contributed by atoms with Crippen molar-refractivity contribution >= 4 is 0 Å². The molecular weight excluding hydrogens is 202 g/mol. The second kappa shape index (κ2) is 5.96. The summed E-state index contributed by atoms with van der Waals surface area (Å²) in [4.78, 5) is 6.47. The van der Waals surface area contributed by atoms with Gasteiger partial charge < -0.3 is 10.2 Å². The van der Waals surface area contributed by atoms with Gasteiger partial charge in [0.2, 0.25) is 0 Å². The molecule has 0 saturated carbocycles. The van der Waals surface area contributed by atoms with Gasteiger partial charge in [-0.2, -0.15) is 5.10 Å². The molecule has 2 heterocycles. The summed E-state index contributed by atoms with van der Waals surface area (Å²) in [6.45, 7) is 7.90. The van der Waals surface area contributed by atoms with E-state index in [-0.39, 0.29) is 0 Å². The third kappa shape index (κ3) is 3.28. The first-order valence-corrected chi connectivity index (χ1v) is 6.13. The number of hydrogen-bond acceptors (Lipinski definition) is 4. The summed E-state index contributed by atoms with van der Waals surface area (Å²) in [6.07, 6.45) is 6.10. The Balaban J connectivity index is 1.57. The fourth-order valence-corrected chi connectivity index (χ4v) is 2.09. The molecule has 5 nitrogen and oxygen atoms in total. The molecule has 1 aliphatic heterocycles. The molecule has 1 fully saturated rings. The van der Waals surface area contributed by atoms with Gasteiger partial charge in [-0.05, 0) is 32.9 Å². The summed E-state index contributed by atoms with van der Waals surface area (Å²) >= 11 is 0. The van der Waals surface area contributed by atoms with Gasteiger partial charge in [0.15, 0.2) is 0 Å². The summed E-state index contributed by atoms with van der Waals surface area (Å²) in [6, 6.07) is 0.376. The van der Waals surface area contributed by atoms with Crippen molar-refractivity contribution in [2.45, 2.75) is 25.8 Å². The first-order chi connectivity index (χ1) is 7.86. The van der Waals surface area contributed by atoms with E-state index in [4.69, 9.17) is 0 Å². The fraction of sp³-hybridized carbons (Fsp3) is 0.818. The third-order valence-corrected chi connectivity index (χ3v) is 3.13. The van der Waals surface area contributed by atoms with Crippen molar-refractivity contribution in [3.05, 3.63) is 12.7 Å². The summed E-state index contributed by atoms with van der Waals surface area (Å²) in [5, 5.41) is 7.60. The van der Waals surface area contributed by atoms with E-state index >= 15 is 0 Å². The maximum Gasteiger partial charge on any atom is 0.137 e. The molecule has 1 aromatic heterocycles. The molecule has 0 radical (unpaired) electrons. The highest BCUT2D eigenvalue weighted by atomic mass is 15.3. The van der Waals surface area contributed by atoms with Crippen molar-refractivity contribution in [1.82, 2.24) is 25.0 Å². The fourth-order valence-electron chi connectivity index (χ4n) is 2.09. The van der Waals surface area contributed by atoms with Crippen LogP contribution in [0.15, 0.2) is 12.7 Å². The molecule has 1 unspecified atom stereocenters. The Bertz CT molecular complexity index is 279. The molecule has 90 valence electrons. The Hall–Kier alpha value is -0.940. The monoisotopic (exact) mass is 223 g/mol. The van der Waals surface area contributed by atoms with Gasteiger partial charge in [-0.25, -0.2) is 9.67 Å². The highest BCUT2D eigenvalue weighted by Gasteiger charge is 2.10. The molecule has 0 spiro atoms. The summed E-state index contributed by atoms with van der Waals surface area (Å²) in [5.41, 5.74) is 0. The van der Waals surface area contributed by atoms with Crippen LogP contribution in [-0.2, 0) is 0 Å². The lowest BCUT2D eigenvalue weighted by Crippen LogP contribution is -2.32. The van der Waals surface area contributed by atoms with E-state index in [1.54, 1.807) is 12.7 Å². The third-order valence-electron chi connectivity index (χ3n) is 3.13. The lowest BCUT2D eigenvalue weighted by atomic mass is 10.3. The zero-order valence-electron chi connectivity index (χ0n) is 9.97. The summed E-state index contributed by atoms with van der Waals surface area (Å²) in [5.74, 6) is 0. The van der Waals surface area contributed by atoms with E-state index in [9.17, 15) is 0 Å². The first-order valence-electron chi connectivity index (χ1n) is 6.13. The molecular formula is C11H21N5. The molecule has 16 heavy (non-hydrogen) atoms. The molecule has 1 N–H and O–H groups in total. The molecule has 1 atom stereocenters. The molecule has 0 aromatic carbocycles. The lowest BCUT2D eigenvalue weighted by Gasteiger charge is -2.16. The number of rotatable bonds is 6. The van der Waals surface area contributed by atoms with Crippen molar-refractivity contribution < 1.29 is 0 Å². The minimum Gasteiger partial charge on any atom is -0.313 e. The molecule has 1 aliphatic rings. The standard InChI is InChI=1S/C11H21N5/c1-11(16-10-13-9-14-16)8-12-4-7-15-5-2-3-6-15/h9-12H,2-8H2,1H3. The number of nitrogens with one attached hydrogen (secondary N) is 1. The second-order valence-corrected chi connectivity index (χ2v) is 4.48. The number of likely N-dealkylation sites (tertiary alicyclic amines) is 1. The lowest BCUT2D eigenvalue weighted by molar-refractivity contribution is 0.329. The van der Waals surface area contributed by atoms with Crippen molar-refractivity contribution in [3.63, 3.8) is 0 Å². The number of nitrogens with zero attached hydrogens (tertiary/aromatic N) is 4. The van der Waals surface area contributed by atoms with Crippen LogP contribution in [0.2, 0.25) is 0 Å². The molecule has 0 amide bonds. The van der Waals surface area contributed by atoms with Gasteiger partial charge in [0.05, 0.1) is 6.04 Å². The van der Waals surface area contributed by atoms with Crippen LogP contribution in [0.25, 0.3) is 0 Å².